The van der Waals surface area contributed by atoms with Gasteiger partial charge in [0, 0.05) is 33.2 Å². The number of carbonyl (C=O) groups is 1. The predicted molar refractivity (Wildman–Crippen MR) is 109 cm³/mol. The average molecular weight is 390 g/mol. The van der Waals surface area contributed by atoms with Gasteiger partial charge in [-0.25, -0.2) is 4.39 Å². The molecule has 2 aliphatic rings. The fourth-order valence-corrected chi connectivity index (χ4v) is 4.54. The van der Waals surface area contributed by atoms with Gasteiger partial charge in [-0.3, -0.25) is 14.4 Å². The Morgan fingerprint density at radius 1 is 1.07 bits per heavy atom. The van der Waals surface area contributed by atoms with Crippen LogP contribution in [0.15, 0.2) is 54.6 Å². The third-order valence-electron chi connectivity index (χ3n) is 6.10. The van der Waals surface area contributed by atoms with Crippen molar-refractivity contribution in [3.05, 3.63) is 77.2 Å². The molecule has 1 fully saturated rings. The maximum absolute atomic E-state index is 13.2. The van der Waals surface area contributed by atoms with Crippen molar-refractivity contribution in [1.82, 2.24) is 19.6 Å². The lowest BCUT2D eigenvalue weighted by molar-refractivity contribution is 0.0448. The number of nitrogens with zero attached hydrogens (tertiary/aromatic N) is 4. The minimum absolute atomic E-state index is 0.0448. The zero-order chi connectivity index (χ0) is 20.0. The highest BCUT2D eigenvalue weighted by molar-refractivity contribution is 5.93. The van der Waals surface area contributed by atoms with E-state index in [1.54, 1.807) is 22.9 Å². The molecule has 5 nitrogen and oxygen atoms in total. The van der Waals surface area contributed by atoms with Gasteiger partial charge in [-0.2, -0.15) is 5.10 Å². The van der Waals surface area contributed by atoms with Crippen molar-refractivity contribution < 1.29 is 9.18 Å². The van der Waals surface area contributed by atoms with Crippen LogP contribution in [-0.4, -0.2) is 51.7 Å². The number of aryl methyl sites for hydroxylation is 1. The number of rotatable bonds is 2. The second kappa shape index (κ2) is 7.12. The molecule has 5 rings (SSSR count). The Morgan fingerprint density at radius 3 is 2.69 bits per heavy atom. The topological polar surface area (TPSA) is 41.4 Å². The third kappa shape index (κ3) is 3.23. The van der Waals surface area contributed by atoms with Gasteiger partial charge in [0.2, 0.25) is 0 Å². The number of fused-ring (bicyclic) bond motifs is 3. The van der Waals surface area contributed by atoms with Gasteiger partial charge < -0.3 is 4.90 Å². The Balaban J connectivity index is 1.39. The standard InChI is InChI=1S/C23H23FN4O/c1-26-21(17-6-8-18(24)9-7-17)14-20(25-26)23(29)28-13-12-27-11-10-16-4-2-3-5-19(16)22(27)15-28/h2-9,14,22H,10-13,15H2,1H3. The van der Waals surface area contributed by atoms with Crippen LogP contribution in [0.2, 0.25) is 0 Å². The van der Waals surface area contributed by atoms with Crippen molar-refractivity contribution in [3.8, 4) is 11.3 Å². The number of piperazine rings is 1. The van der Waals surface area contributed by atoms with Crippen molar-refractivity contribution in [2.75, 3.05) is 26.2 Å². The Kier molecular flexibility index (Phi) is 4.43. The Bertz CT molecular complexity index is 1060. The van der Waals surface area contributed by atoms with Gasteiger partial charge in [0.05, 0.1) is 11.7 Å². The SMILES string of the molecule is Cn1nc(C(=O)N2CCN3CCc4ccccc4C3C2)cc1-c1ccc(F)cc1. The first kappa shape index (κ1) is 18.1. The fourth-order valence-electron chi connectivity index (χ4n) is 4.54. The highest BCUT2D eigenvalue weighted by Gasteiger charge is 2.35. The van der Waals surface area contributed by atoms with E-state index < -0.39 is 0 Å². The molecule has 0 aliphatic carbocycles. The van der Waals surface area contributed by atoms with E-state index in [-0.39, 0.29) is 17.8 Å². The van der Waals surface area contributed by atoms with E-state index in [0.29, 0.717) is 18.8 Å². The molecule has 1 atom stereocenters. The molecule has 0 spiro atoms. The predicted octanol–water partition coefficient (Wildman–Crippen LogP) is 3.28. The zero-order valence-corrected chi connectivity index (χ0v) is 16.4. The maximum Gasteiger partial charge on any atom is 0.274 e. The van der Waals surface area contributed by atoms with Crippen LogP contribution in [-0.2, 0) is 13.5 Å². The quantitative estimate of drug-likeness (QED) is 0.674. The lowest BCUT2D eigenvalue weighted by Gasteiger charge is -2.44. The zero-order valence-electron chi connectivity index (χ0n) is 16.4. The van der Waals surface area contributed by atoms with Crippen LogP contribution >= 0.6 is 0 Å². The molecule has 1 unspecified atom stereocenters. The van der Waals surface area contributed by atoms with Crippen molar-refractivity contribution in [1.29, 1.82) is 0 Å². The van der Waals surface area contributed by atoms with Crippen LogP contribution in [0, 0.1) is 5.82 Å². The molecule has 1 saturated heterocycles. The van der Waals surface area contributed by atoms with E-state index in [1.165, 1.54) is 23.3 Å². The van der Waals surface area contributed by atoms with E-state index in [2.05, 4.69) is 34.3 Å². The molecule has 2 aliphatic heterocycles. The largest absolute Gasteiger partial charge is 0.334 e. The number of hydrogen-bond acceptors (Lipinski definition) is 3. The van der Waals surface area contributed by atoms with Crippen LogP contribution in [0.5, 0.6) is 0 Å². The summed E-state index contributed by atoms with van der Waals surface area (Å²) in [4.78, 5) is 17.6. The molecule has 0 saturated carbocycles. The molecule has 3 aromatic rings. The molecule has 148 valence electrons. The molecule has 1 aromatic heterocycles. The number of carbonyl (C=O) groups excluding carboxylic acids is 1. The molecule has 6 heteroatoms. The van der Waals surface area contributed by atoms with E-state index in [9.17, 15) is 9.18 Å². The summed E-state index contributed by atoms with van der Waals surface area (Å²) in [6, 6.07) is 16.9. The monoisotopic (exact) mass is 390 g/mol. The van der Waals surface area contributed by atoms with Gasteiger partial charge in [0.15, 0.2) is 5.69 Å². The van der Waals surface area contributed by atoms with Crippen LogP contribution < -0.4 is 0 Å². The first-order valence-electron chi connectivity index (χ1n) is 10.0. The van der Waals surface area contributed by atoms with E-state index in [1.807, 2.05) is 11.9 Å². The first-order chi connectivity index (χ1) is 14.1. The molecular formula is C23H23FN4O. The lowest BCUT2D eigenvalue weighted by Crippen LogP contribution is -2.52. The molecule has 29 heavy (non-hydrogen) atoms. The highest BCUT2D eigenvalue weighted by atomic mass is 19.1. The number of halogens is 1. The molecule has 1 amide bonds. The van der Waals surface area contributed by atoms with Gasteiger partial charge in [-0.05, 0) is 53.4 Å². The van der Waals surface area contributed by atoms with Crippen LogP contribution in [0.1, 0.15) is 27.7 Å². The van der Waals surface area contributed by atoms with Gasteiger partial charge in [0.1, 0.15) is 5.82 Å². The van der Waals surface area contributed by atoms with Crippen molar-refractivity contribution in [2.24, 2.45) is 7.05 Å². The highest BCUT2D eigenvalue weighted by Crippen LogP contribution is 2.33. The Labute approximate surface area is 169 Å². The van der Waals surface area contributed by atoms with E-state index in [0.717, 1.165) is 30.8 Å². The van der Waals surface area contributed by atoms with Gasteiger partial charge in [-0.1, -0.05) is 24.3 Å². The summed E-state index contributed by atoms with van der Waals surface area (Å²) in [5.41, 5.74) is 4.80. The van der Waals surface area contributed by atoms with Crippen molar-refractivity contribution >= 4 is 5.91 Å². The maximum atomic E-state index is 13.2. The molecule has 0 radical (unpaired) electrons. The Hall–Kier alpha value is -2.99. The molecular weight excluding hydrogens is 367 g/mol. The van der Waals surface area contributed by atoms with Crippen molar-refractivity contribution in [2.45, 2.75) is 12.5 Å². The normalized spacial score (nSPS) is 19.0. The van der Waals surface area contributed by atoms with Crippen molar-refractivity contribution in [3.63, 3.8) is 0 Å². The first-order valence-corrected chi connectivity index (χ1v) is 10.0. The molecule has 0 bridgehead atoms. The second-order valence-corrected chi connectivity index (χ2v) is 7.80. The van der Waals surface area contributed by atoms with Gasteiger partial charge >= 0.3 is 0 Å². The van der Waals surface area contributed by atoms with Crippen LogP contribution in [0.25, 0.3) is 11.3 Å². The Morgan fingerprint density at radius 2 is 1.86 bits per heavy atom. The molecule has 2 aromatic carbocycles. The van der Waals surface area contributed by atoms with Gasteiger partial charge in [-0.15, -0.1) is 0 Å². The minimum atomic E-state index is -0.280. The number of benzene rings is 2. The molecule has 3 heterocycles. The summed E-state index contributed by atoms with van der Waals surface area (Å²) in [5, 5.41) is 4.45. The summed E-state index contributed by atoms with van der Waals surface area (Å²) in [5.74, 6) is -0.325. The van der Waals surface area contributed by atoms with Crippen LogP contribution in [0.3, 0.4) is 0 Å². The minimum Gasteiger partial charge on any atom is -0.334 e. The van der Waals surface area contributed by atoms with E-state index in [4.69, 9.17) is 0 Å². The summed E-state index contributed by atoms with van der Waals surface area (Å²) >= 11 is 0. The number of hydrogen-bond donors (Lipinski definition) is 0. The summed E-state index contributed by atoms with van der Waals surface area (Å²) in [6.45, 7) is 3.31. The number of aromatic nitrogens is 2. The van der Waals surface area contributed by atoms with Gasteiger partial charge in [0.25, 0.3) is 5.91 Å². The molecule has 0 N–H and O–H groups in total. The second-order valence-electron chi connectivity index (χ2n) is 7.80. The van der Waals surface area contributed by atoms with E-state index >= 15 is 0 Å². The lowest BCUT2D eigenvalue weighted by atomic mass is 9.91. The smallest absolute Gasteiger partial charge is 0.274 e. The summed E-state index contributed by atoms with van der Waals surface area (Å²) < 4.78 is 14.9. The summed E-state index contributed by atoms with van der Waals surface area (Å²) in [6.07, 6.45) is 1.07. The summed E-state index contributed by atoms with van der Waals surface area (Å²) in [7, 11) is 1.81. The number of amides is 1. The fraction of sp³-hybridized carbons (Fsp3) is 0.304. The third-order valence-corrected chi connectivity index (χ3v) is 6.10. The van der Waals surface area contributed by atoms with Crippen LogP contribution in [0.4, 0.5) is 4.39 Å². The average Bonchev–Trinajstić information content (AvgIpc) is 3.15.